The highest BCUT2D eigenvalue weighted by Gasteiger charge is 2.31. The quantitative estimate of drug-likeness (QED) is 0.366. The van der Waals surface area contributed by atoms with Crippen molar-refractivity contribution in [2.45, 2.75) is 45.7 Å². The lowest BCUT2D eigenvalue weighted by atomic mass is 10.2. The minimum atomic E-state index is -0.761. The van der Waals surface area contributed by atoms with E-state index in [1.165, 1.54) is 30.0 Å². The Morgan fingerprint density at radius 1 is 1.09 bits per heavy atom. The molecule has 2 amide bonds. The maximum Gasteiger partial charge on any atom is 0.410 e. The summed E-state index contributed by atoms with van der Waals surface area (Å²) in [6.45, 7) is 9.02. The Morgan fingerprint density at radius 2 is 1.70 bits per heavy atom. The summed E-state index contributed by atoms with van der Waals surface area (Å²) in [5, 5.41) is 0. The van der Waals surface area contributed by atoms with E-state index < -0.39 is 24.1 Å². The van der Waals surface area contributed by atoms with Crippen LogP contribution < -0.4 is 0 Å². The molecule has 2 unspecified atom stereocenters. The van der Waals surface area contributed by atoms with E-state index in [1.807, 2.05) is 6.92 Å². The van der Waals surface area contributed by atoms with Crippen LogP contribution in [0.25, 0.3) is 0 Å². The van der Waals surface area contributed by atoms with Crippen LogP contribution >= 0.6 is 0 Å². The Hall–Kier alpha value is -2.05. The zero-order chi connectivity index (χ0) is 18.0. The first kappa shape index (κ1) is 20.9. The third kappa shape index (κ3) is 6.71. The van der Waals surface area contributed by atoms with Gasteiger partial charge in [0.15, 0.2) is 0 Å². The van der Waals surface area contributed by atoms with Crippen LogP contribution in [0.2, 0.25) is 0 Å². The fourth-order valence-corrected chi connectivity index (χ4v) is 1.64. The summed E-state index contributed by atoms with van der Waals surface area (Å²) in [5.41, 5.74) is 0. The summed E-state index contributed by atoms with van der Waals surface area (Å²) in [6, 6.07) is -1.48. The largest absolute Gasteiger partial charge is 0.464 e. The van der Waals surface area contributed by atoms with Crippen molar-refractivity contribution in [3.05, 3.63) is 12.7 Å². The Kier molecular flexibility index (Phi) is 9.69. The summed E-state index contributed by atoms with van der Waals surface area (Å²) in [4.78, 5) is 38.5. The molecule has 0 bridgehead atoms. The average Bonchev–Trinajstić information content (AvgIpc) is 2.56. The van der Waals surface area contributed by atoms with E-state index >= 15 is 0 Å². The van der Waals surface area contributed by atoms with Crippen LogP contribution in [0, 0.1) is 0 Å². The van der Waals surface area contributed by atoms with Crippen molar-refractivity contribution >= 4 is 18.0 Å². The fraction of sp³-hybridized carbons (Fsp3) is 0.688. The average molecular weight is 328 g/mol. The van der Waals surface area contributed by atoms with Crippen molar-refractivity contribution in [3.63, 3.8) is 0 Å². The molecule has 0 aromatic rings. The summed E-state index contributed by atoms with van der Waals surface area (Å²) in [6.07, 6.45) is 2.52. The van der Waals surface area contributed by atoms with E-state index in [9.17, 15) is 14.4 Å². The molecule has 0 radical (unpaired) electrons. The van der Waals surface area contributed by atoms with Gasteiger partial charge in [-0.3, -0.25) is 9.69 Å². The highest BCUT2D eigenvalue weighted by atomic mass is 16.6. The molecule has 132 valence electrons. The monoisotopic (exact) mass is 328 g/mol. The molecule has 0 heterocycles. The molecule has 0 N–H and O–H groups in total. The van der Waals surface area contributed by atoms with E-state index in [1.54, 1.807) is 13.8 Å². The normalized spacial score (nSPS) is 12.7. The van der Waals surface area contributed by atoms with Crippen molar-refractivity contribution in [2.75, 3.05) is 27.3 Å². The van der Waals surface area contributed by atoms with Gasteiger partial charge in [0.25, 0.3) is 0 Å². The van der Waals surface area contributed by atoms with Crippen molar-refractivity contribution in [1.82, 2.24) is 9.80 Å². The Balaban J connectivity index is 4.63. The van der Waals surface area contributed by atoms with Crippen LogP contribution in [-0.4, -0.2) is 67.2 Å². The van der Waals surface area contributed by atoms with Crippen LogP contribution in [-0.2, 0) is 19.1 Å². The maximum absolute atomic E-state index is 12.4. The van der Waals surface area contributed by atoms with Crippen LogP contribution in [0.5, 0.6) is 0 Å². The van der Waals surface area contributed by atoms with Gasteiger partial charge in [-0.1, -0.05) is 26.0 Å². The van der Waals surface area contributed by atoms with Gasteiger partial charge in [-0.2, -0.15) is 0 Å². The fourth-order valence-electron chi connectivity index (χ4n) is 1.64. The zero-order valence-electron chi connectivity index (χ0n) is 14.7. The van der Waals surface area contributed by atoms with E-state index in [2.05, 4.69) is 6.58 Å². The highest BCUT2D eigenvalue weighted by molar-refractivity contribution is 5.89. The van der Waals surface area contributed by atoms with Crippen LogP contribution in [0.15, 0.2) is 12.7 Å². The first-order valence-electron chi connectivity index (χ1n) is 7.71. The molecule has 2 atom stereocenters. The number of ether oxygens (including phenoxy) is 2. The smallest absolute Gasteiger partial charge is 0.410 e. The van der Waals surface area contributed by atoms with Crippen LogP contribution in [0.1, 0.15) is 33.6 Å². The maximum atomic E-state index is 12.4. The number of esters is 1. The Labute approximate surface area is 138 Å². The predicted octanol–water partition coefficient (Wildman–Crippen LogP) is 1.82. The minimum Gasteiger partial charge on any atom is -0.464 e. The highest BCUT2D eigenvalue weighted by Crippen LogP contribution is 2.08. The van der Waals surface area contributed by atoms with Gasteiger partial charge >= 0.3 is 12.1 Å². The SMILES string of the molecule is C=CCOC(=O)N(C)C(C)C(=O)N(C)C(C)C(=O)OCCCC. The number of hydrogen-bond donors (Lipinski definition) is 0. The lowest BCUT2D eigenvalue weighted by molar-refractivity contribution is -0.154. The summed E-state index contributed by atoms with van der Waals surface area (Å²) >= 11 is 0. The van der Waals surface area contributed by atoms with Crippen LogP contribution in [0.3, 0.4) is 0 Å². The van der Waals surface area contributed by atoms with Gasteiger partial charge in [0, 0.05) is 14.1 Å². The molecule has 0 aliphatic carbocycles. The standard InChI is InChI=1S/C16H28N2O5/c1-7-9-11-22-15(20)13(4)17(5)14(19)12(3)18(6)16(21)23-10-8-2/h8,12-13H,2,7,9-11H2,1,3-6H3. The third-order valence-electron chi connectivity index (χ3n) is 3.56. The number of amides is 2. The predicted molar refractivity (Wildman–Crippen MR) is 86.9 cm³/mol. The summed E-state index contributed by atoms with van der Waals surface area (Å²) in [7, 11) is 2.97. The zero-order valence-corrected chi connectivity index (χ0v) is 14.7. The number of unbranched alkanes of at least 4 members (excludes halogenated alkanes) is 1. The third-order valence-corrected chi connectivity index (χ3v) is 3.56. The molecule has 0 aliphatic heterocycles. The summed E-state index contributed by atoms with van der Waals surface area (Å²) < 4.78 is 9.99. The number of carbonyl (C=O) groups excluding carboxylic acids is 3. The van der Waals surface area contributed by atoms with Crippen molar-refractivity contribution in [3.8, 4) is 0 Å². The molecule has 0 saturated carbocycles. The van der Waals surface area contributed by atoms with Crippen LogP contribution in [0.4, 0.5) is 4.79 Å². The molecule has 0 spiro atoms. The number of hydrogen-bond acceptors (Lipinski definition) is 5. The molecule has 0 aliphatic rings. The lowest BCUT2D eigenvalue weighted by Crippen LogP contribution is -2.51. The van der Waals surface area contributed by atoms with E-state index in [-0.39, 0.29) is 12.5 Å². The van der Waals surface area contributed by atoms with E-state index in [4.69, 9.17) is 9.47 Å². The summed E-state index contributed by atoms with van der Waals surface area (Å²) in [5.74, 6) is -0.832. The molecule has 0 aromatic carbocycles. The second-order valence-electron chi connectivity index (χ2n) is 5.30. The molecule has 0 aromatic heterocycles. The van der Waals surface area contributed by atoms with Gasteiger partial charge < -0.3 is 14.4 Å². The van der Waals surface area contributed by atoms with Gasteiger partial charge in [0.2, 0.25) is 5.91 Å². The second-order valence-corrected chi connectivity index (χ2v) is 5.30. The number of nitrogens with zero attached hydrogens (tertiary/aromatic N) is 2. The van der Waals surface area contributed by atoms with Gasteiger partial charge in [-0.15, -0.1) is 0 Å². The van der Waals surface area contributed by atoms with Gasteiger partial charge in [-0.25, -0.2) is 9.59 Å². The number of likely N-dealkylation sites (N-methyl/N-ethyl adjacent to an activating group) is 2. The molecule has 23 heavy (non-hydrogen) atoms. The van der Waals surface area contributed by atoms with Gasteiger partial charge in [0.05, 0.1) is 6.61 Å². The topological polar surface area (TPSA) is 76.2 Å². The van der Waals surface area contributed by atoms with E-state index in [0.717, 1.165) is 12.8 Å². The van der Waals surface area contributed by atoms with Crippen molar-refractivity contribution in [1.29, 1.82) is 0 Å². The second kappa shape index (κ2) is 10.6. The van der Waals surface area contributed by atoms with Crippen molar-refractivity contribution in [2.24, 2.45) is 0 Å². The molecule has 0 rings (SSSR count). The molecular formula is C16H28N2O5. The number of carbonyl (C=O) groups is 3. The van der Waals surface area contributed by atoms with Crippen molar-refractivity contribution < 1.29 is 23.9 Å². The van der Waals surface area contributed by atoms with E-state index in [0.29, 0.717) is 6.61 Å². The Morgan fingerprint density at radius 3 is 2.22 bits per heavy atom. The molecular weight excluding hydrogens is 300 g/mol. The lowest BCUT2D eigenvalue weighted by Gasteiger charge is -2.30. The Bertz CT molecular complexity index is 425. The molecule has 7 nitrogen and oxygen atoms in total. The molecule has 0 fully saturated rings. The first-order chi connectivity index (χ1) is 10.8. The van der Waals surface area contributed by atoms with Gasteiger partial charge in [0.1, 0.15) is 18.7 Å². The minimum absolute atomic E-state index is 0.0695. The first-order valence-corrected chi connectivity index (χ1v) is 7.71. The van der Waals surface area contributed by atoms with Gasteiger partial charge in [-0.05, 0) is 20.3 Å². The molecule has 7 heteroatoms. The molecule has 0 saturated heterocycles. The number of rotatable bonds is 9.